The predicted octanol–water partition coefficient (Wildman–Crippen LogP) is 5.64. The van der Waals surface area contributed by atoms with E-state index >= 15 is 0 Å². The van der Waals surface area contributed by atoms with E-state index in [1.54, 1.807) is 23.2 Å². The van der Waals surface area contributed by atoms with Crippen molar-refractivity contribution in [3.8, 4) is 22.4 Å². The van der Waals surface area contributed by atoms with Crippen LogP contribution in [0, 0.1) is 6.92 Å². The Bertz CT molecular complexity index is 1410. The number of rotatable bonds is 5. The molecule has 0 amide bonds. The molecule has 1 aliphatic carbocycles. The number of aryl methyl sites for hydroxylation is 2. The summed E-state index contributed by atoms with van der Waals surface area (Å²) in [6.45, 7) is 4.35. The second kappa shape index (κ2) is 9.50. The molecule has 1 saturated carbocycles. The maximum absolute atomic E-state index is 13.5. The zero-order chi connectivity index (χ0) is 23.7. The van der Waals surface area contributed by atoms with Gasteiger partial charge in [0.15, 0.2) is 0 Å². The lowest BCUT2D eigenvalue weighted by molar-refractivity contribution is 0.461. The van der Waals surface area contributed by atoms with Gasteiger partial charge < -0.3 is 5.32 Å². The van der Waals surface area contributed by atoms with Crippen LogP contribution >= 0.6 is 11.6 Å². The number of nitrogens with zero attached hydrogens (tertiary/aromatic N) is 5. The van der Waals surface area contributed by atoms with Crippen LogP contribution in [-0.2, 0) is 6.54 Å². The molecule has 7 nitrogen and oxygen atoms in total. The third-order valence-corrected chi connectivity index (χ3v) is 6.81. The normalized spacial score (nSPS) is 14.4. The number of halogens is 1. The van der Waals surface area contributed by atoms with Crippen LogP contribution in [0.4, 0.5) is 5.95 Å². The van der Waals surface area contributed by atoms with Crippen molar-refractivity contribution in [1.29, 1.82) is 0 Å². The first-order valence-electron chi connectivity index (χ1n) is 11.8. The number of hydrogen-bond donors (Lipinski definition) is 1. The average Bonchev–Trinajstić information content (AvgIpc) is 2.85. The van der Waals surface area contributed by atoms with Crippen LogP contribution in [0.25, 0.3) is 33.4 Å². The molecule has 0 saturated heterocycles. The smallest absolute Gasteiger partial charge is 0.260 e. The van der Waals surface area contributed by atoms with Crippen molar-refractivity contribution in [3.05, 3.63) is 63.9 Å². The summed E-state index contributed by atoms with van der Waals surface area (Å²) < 4.78 is 1.69. The van der Waals surface area contributed by atoms with Gasteiger partial charge in [0, 0.05) is 58.3 Å². The van der Waals surface area contributed by atoms with Gasteiger partial charge in [0.2, 0.25) is 5.95 Å². The number of pyridine rings is 1. The van der Waals surface area contributed by atoms with Gasteiger partial charge in [-0.1, -0.05) is 43.0 Å². The molecule has 3 heterocycles. The molecule has 5 rings (SSSR count). The summed E-state index contributed by atoms with van der Waals surface area (Å²) >= 11 is 6.68. The molecule has 0 spiro atoms. The molecule has 1 N–H and O–H groups in total. The summed E-state index contributed by atoms with van der Waals surface area (Å²) in [5.74, 6) is 0.579. The summed E-state index contributed by atoms with van der Waals surface area (Å²) in [7, 11) is 0. The molecule has 8 heteroatoms. The monoisotopic (exact) mass is 474 g/mol. The molecular formula is C26H27ClN6O. The molecule has 0 radical (unpaired) electrons. The lowest BCUT2D eigenvalue weighted by Crippen LogP contribution is -2.25. The van der Waals surface area contributed by atoms with Crippen molar-refractivity contribution in [1.82, 2.24) is 24.5 Å². The van der Waals surface area contributed by atoms with Crippen molar-refractivity contribution >= 4 is 28.6 Å². The van der Waals surface area contributed by atoms with Gasteiger partial charge in [-0.25, -0.2) is 4.98 Å². The van der Waals surface area contributed by atoms with E-state index in [0.29, 0.717) is 40.3 Å². The number of nitrogens with one attached hydrogen (secondary N) is 1. The average molecular weight is 475 g/mol. The lowest BCUT2D eigenvalue weighted by Gasteiger charge is -2.23. The Hall–Kier alpha value is -3.32. The quantitative estimate of drug-likeness (QED) is 0.402. The fourth-order valence-corrected chi connectivity index (χ4v) is 5.00. The second-order valence-electron chi connectivity index (χ2n) is 8.74. The van der Waals surface area contributed by atoms with E-state index in [1.807, 2.05) is 38.1 Å². The van der Waals surface area contributed by atoms with E-state index in [1.165, 1.54) is 19.3 Å². The summed E-state index contributed by atoms with van der Waals surface area (Å²) in [5, 5.41) is 4.74. The number of anilines is 1. The number of benzene rings is 1. The Labute approximate surface area is 203 Å². The zero-order valence-corrected chi connectivity index (χ0v) is 20.1. The van der Waals surface area contributed by atoms with E-state index in [4.69, 9.17) is 16.6 Å². The van der Waals surface area contributed by atoms with Crippen LogP contribution in [0.2, 0.25) is 5.02 Å². The van der Waals surface area contributed by atoms with Crippen LogP contribution in [0.1, 0.15) is 44.7 Å². The molecular weight excluding hydrogens is 448 g/mol. The first kappa shape index (κ1) is 22.5. The van der Waals surface area contributed by atoms with Crippen molar-refractivity contribution < 1.29 is 0 Å². The van der Waals surface area contributed by atoms with Gasteiger partial charge in [0.1, 0.15) is 5.65 Å². The van der Waals surface area contributed by atoms with Crippen LogP contribution in [0.3, 0.4) is 0 Å². The molecule has 0 bridgehead atoms. The van der Waals surface area contributed by atoms with Crippen molar-refractivity contribution in [3.63, 3.8) is 0 Å². The molecule has 4 aromatic rings. The van der Waals surface area contributed by atoms with E-state index in [9.17, 15) is 4.79 Å². The molecule has 3 aromatic heterocycles. The summed E-state index contributed by atoms with van der Waals surface area (Å²) in [4.78, 5) is 31.5. The van der Waals surface area contributed by atoms with Crippen LogP contribution in [-0.4, -0.2) is 30.5 Å². The van der Waals surface area contributed by atoms with Crippen molar-refractivity contribution in [2.24, 2.45) is 0 Å². The third kappa shape index (κ3) is 4.28. The number of fused-ring (bicyclic) bond motifs is 1. The Morgan fingerprint density at radius 1 is 1.06 bits per heavy atom. The van der Waals surface area contributed by atoms with Gasteiger partial charge in [0.05, 0.1) is 11.4 Å². The Kier molecular flexibility index (Phi) is 6.28. The highest BCUT2D eigenvalue weighted by atomic mass is 35.5. The Morgan fingerprint density at radius 2 is 1.85 bits per heavy atom. The molecule has 174 valence electrons. The van der Waals surface area contributed by atoms with Crippen molar-refractivity contribution in [2.75, 3.05) is 5.32 Å². The fourth-order valence-electron chi connectivity index (χ4n) is 4.72. The maximum Gasteiger partial charge on any atom is 0.260 e. The van der Waals surface area contributed by atoms with E-state index in [-0.39, 0.29) is 5.56 Å². The fraction of sp³-hybridized carbons (Fsp3) is 0.346. The van der Waals surface area contributed by atoms with Gasteiger partial charge in [-0.05, 0) is 38.8 Å². The Morgan fingerprint density at radius 3 is 2.59 bits per heavy atom. The predicted molar refractivity (Wildman–Crippen MR) is 136 cm³/mol. The minimum Gasteiger partial charge on any atom is -0.351 e. The van der Waals surface area contributed by atoms with Crippen molar-refractivity contribution in [2.45, 2.75) is 58.5 Å². The lowest BCUT2D eigenvalue weighted by atomic mass is 9.96. The van der Waals surface area contributed by atoms with E-state index in [0.717, 1.165) is 35.2 Å². The highest BCUT2D eigenvalue weighted by molar-refractivity contribution is 6.33. The second-order valence-corrected chi connectivity index (χ2v) is 9.15. The third-order valence-electron chi connectivity index (χ3n) is 6.50. The van der Waals surface area contributed by atoms with E-state index in [2.05, 4.69) is 20.3 Å². The first-order chi connectivity index (χ1) is 16.5. The van der Waals surface area contributed by atoms with Gasteiger partial charge in [0.25, 0.3) is 5.56 Å². The van der Waals surface area contributed by atoms with Gasteiger partial charge in [-0.2, -0.15) is 4.98 Å². The number of hydrogen-bond acceptors (Lipinski definition) is 6. The van der Waals surface area contributed by atoms with Gasteiger partial charge >= 0.3 is 0 Å². The molecule has 0 aliphatic heterocycles. The standard InChI is InChI=1S/C26H27ClN6O/c1-3-33-24-18(15-30-26(32-24)31-19-7-5-4-6-8-19)13-21(25(33)34)20-10-9-17(14-22(20)27)23-16(2)28-11-12-29-23/h9-15,19H,3-8H2,1-2H3,(H,30,31,32). The van der Waals surface area contributed by atoms with Crippen LogP contribution in [0.15, 0.2) is 47.7 Å². The summed E-state index contributed by atoms with van der Waals surface area (Å²) in [6, 6.07) is 7.85. The first-order valence-corrected chi connectivity index (χ1v) is 12.2. The summed E-state index contributed by atoms with van der Waals surface area (Å²) in [6.07, 6.45) is 11.1. The topological polar surface area (TPSA) is 85.6 Å². The highest BCUT2D eigenvalue weighted by Crippen LogP contribution is 2.32. The van der Waals surface area contributed by atoms with Crippen LogP contribution < -0.4 is 10.9 Å². The molecule has 0 atom stereocenters. The Balaban J connectivity index is 1.55. The minimum absolute atomic E-state index is 0.123. The molecule has 34 heavy (non-hydrogen) atoms. The van der Waals surface area contributed by atoms with Gasteiger partial charge in [-0.3, -0.25) is 19.3 Å². The maximum atomic E-state index is 13.5. The SMILES string of the molecule is CCn1c(=O)c(-c2ccc(-c3nccnc3C)cc2Cl)cc2cnc(NC3CCCCC3)nc21. The summed E-state index contributed by atoms with van der Waals surface area (Å²) in [5.41, 5.74) is 4.16. The molecule has 1 aliphatic rings. The number of aromatic nitrogens is 5. The van der Waals surface area contributed by atoms with E-state index < -0.39 is 0 Å². The zero-order valence-electron chi connectivity index (χ0n) is 19.4. The highest BCUT2D eigenvalue weighted by Gasteiger charge is 2.18. The largest absolute Gasteiger partial charge is 0.351 e. The molecule has 0 unspecified atom stereocenters. The molecule has 1 aromatic carbocycles. The minimum atomic E-state index is -0.123. The molecule has 1 fully saturated rings. The van der Waals surface area contributed by atoms with Gasteiger partial charge in [-0.15, -0.1) is 0 Å². The van der Waals surface area contributed by atoms with Crippen LogP contribution in [0.5, 0.6) is 0 Å².